The molecule has 1 aromatic carbocycles. The van der Waals surface area contributed by atoms with Crippen molar-refractivity contribution in [1.29, 1.82) is 0 Å². The van der Waals surface area contributed by atoms with E-state index >= 15 is 0 Å². The number of Topliss-reactive ketones (excluding diaryl/α,β-unsaturated/α-hetero) is 1. The minimum atomic E-state index is -0.437. The van der Waals surface area contributed by atoms with E-state index in [9.17, 15) is 9.59 Å². The van der Waals surface area contributed by atoms with E-state index in [0.717, 1.165) is 0 Å². The van der Waals surface area contributed by atoms with Crippen LogP contribution in [0.4, 0.5) is 5.69 Å². The van der Waals surface area contributed by atoms with Crippen LogP contribution in [0.25, 0.3) is 0 Å². The van der Waals surface area contributed by atoms with Gasteiger partial charge in [-0.3, -0.25) is 9.59 Å². The highest BCUT2D eigenvalue weighted by atomic mass is 16.5. The van der Waals surface area contributed by atoms with Gasteiger partial charge >= 0.3 is 0 Å². The van der Waals surface area contributed by atoms with E-state index in [1.54, 1.807) is 18.2 Å². The molecule has 1 amide bonds. The Hall–Kier alpha value is -1.84. The van der Waals surface area contributed by atoms with Gasteiger partial charge < -0.3 is 10.1 Å². The Morgan fingerprint density at radius 1 is 1.35 bits per heavy atom. The number of rotatable bonds is 1. The van der Waals surface area contributed by atoms with Crippen molar-refractivity contribution in [3.05, 3.63) is 23.8 Å². The van der Waals surface area contributed by atoms with Crippen LogP contribution in [0.15, 0.2) is 18.2 Å². The second-order valence-electron chi connectivity index (χ2n) is 5.13. The summed E-state index contributed by atoms with van der Waals surface area (Å²) in [6.45, 7) is 5.62. The first kappa shape index (κ1) is 11.6. The molecule has 0 spiro atoms. The van der Waals surface area contributed by atoms with Crippen LogP contribution >= 0.6 is 0 Å². The molecule has 0 atom stereocenters. The van der Waals surface area contributed by atoms with Crippen LogP contribution in [-0.2, 0) is 4.79 Å². The van der Waals surface area contributed by atoms with Crippen molar-refractivity contribution in [1.82, 2.24) is 0 Å². The van der Waals surface area contributed by atoms with Gasteiger partial charge in [0.15, 0.2) is 12.4 Å². The maximum Gasteiger partial charge on any atom is 0.262 e. The molecule has 2 rings (SSSR count). The molecule has 0 fully saturated rings. The number of carbonyl (C=O) groups is 2. The largest absolute Gasteiger partial charge is 0.482 e. The van der Waals surface area contributed by atoms with E-state index in [4.69, 9.17) is 4.74 Å². The summed E-state index contributed by atoms with van der Waals surface area (Å²) in [5, 5.41) is 2.69. The fraction of sp³-hybridized carbons (Fsp3) is 0.385. The molecule has 0 radical (unpaired) electrons. The van der Waals surface area contributed by atoms with Crippen molar-refractivity contribution < 1.29 is 14.3 Å². The number of benzene rings is 1. The fourth-order valence-electron chi connectivity index (χ4n) is 1.66. The second kappa shape index (κ2) is 3.87. The molecule has 0 saturated carbocycles. The van der Waals surface area contributed by atoms with Gasteiger partial charge in [-0.05, 0) is 18.2 Å². The Morgan fingerprint density at radius 2 is 2.06 bits per heavy atom. The van der Waals surface area contributed by atoms with Gasteiger partial charge in [-0.25, -0.2) is 0 Å². The smallest absolute Gasteiger partial charge is 0.262 e. The number of fused-ring (bicyclic) bond motifs is 1. The van der Waals surface area contributed by atoms with Gasteiger partial charge in [0, 0.05) is 11.0 Å². The number of hydrogen-bond donors (Lipinski definition) is 1. The summed E-state index contributed by atoms with van der Waals surface area (Å²) in [4.78, 5) is 23.3. The molecular weight excluding hydrogens is 218 g/mol. The summed E-state index contributed by atoms with van der Waals surface area (Å²) < 4.78 is 5.23. The van der Waals surface area contributed by atoms with Gasteiger partial charge in [0.05, 0.1) is 5.69 Å². The van der Waals surface area contributed by atoms with Crippen LogP contribution in [0.3, 0.4) is 0 Å². The van der Waals surface area contributed by atoms with Crippen molar-refractivity contribution in [2.75, 3.05) is 11.9 Å². The number of hydrogen-bond acceptors (Lipinski definition) is 3. The third kappa shape index (κ3) is 2.30. The minimum absolute atomic E-state index is 0.0273. The molecule has 1 aromatic rings. The van der Waals surface area contributed by atoms with Gasteiger partial charge in [0.25, 0.3) is 5.91 Å². The van der Waals surface area contributed by atoms with Gasteiger partial charge in [0.1, 0.15) is 5.75 Å². The highest BCUT2D eigenvalue weighted by molar-refractivity contribution is 6.02. The maximum absolute atomic E-state index is 12.1. The van der Waals surface area contributed by atoms with Crippen molar-refractivity contribution in [2.24, 2.45) is 5.41 Å². The third-order valence-electron chi connectivity index (χ3n) is 2.56. The van der Waals surface area contributed by atoms with Crippen molar-refractivity contribution in [3.63, 3.8) is 0 Å². The Labute approximate surface area is 100.0 Å². The predicted octanol–water partition coefficient (Wildman–Crippen LogP) is 2.25. The number of amides is 1. The summed E-state index contributed by atoms with van der Waals surface area (Å²) in [7, 11) is 0. The summed E-state index contributed by atoms with van der Waals surface area (Å²) in [5.74, 6) is 0.452. The lowest BCUT2D eigenvalue weighted by atomic mass is 9.86. The van der Waals surface area contributed by atoms with Crippen molar-refractivity contribution >= 4 is 17.4 Å². The molecule has 0 aliphatic carbocycles. The first-order valence-corrected chi connectivity index (χ1v) is 5.49. The highest BCUT2D eigenvalue weighted by Crippen LogP contribution is 2.30. The van der Waals surface area contributed by atoms with Crippen LogP contribution < -0.4 is 10.1 Å². The number of ketones is 1. The zero-order chi connectivity index (χ0) is 12.6. The van der Waals surface area contributed by atoms with Crippen LogP contribution in [0, 0.1) is 5.41 Å². The Morgan fingerprint density at radius 3 is 2.71 bits per heavy atom. The number of nitrogens with one attached hydrogen (secondary N) is 1. The Kier molecular flexibility index (Phi) is 2.65. The molecule has 17 heavy (non-hydrogen) atoms. The third-order valence-corrected chi connectivity index (χ3v) is 2.56. The van der Waals surface area contributed by atoms with Crippen LogP contribution in [0.5, 0.6) is 5.75 Å². The lowest BCUT2D eigenvalue weighted by molar-refractivity contribution is -0.118. The van der Waals surface area contributed by atoms with Gasteiger partial charge in [-0.2, -0.15) is 0 Å². The average Bonchev–Trinajstić information content (AvgIpc) is 2.25. The monoisotopic (exact) mass is 233 g/mol. The Balaban J connectivity index is 2.37. The van der Waals surface area contributed by atoms with Crippen LogP contribution in [0.2, 0.25) is 0 Å². The molecule has 0 saturated heterocycles. The van der Waals surface area contributed by atoms with E-state index in [2.05, 4.69) is 5.32 Å². The van der Waals surface area contributed by atoms with Crippen molar-refractivity contribution in [3.8, 4) is 5.75 Å². The highest BCUT2D eigenvalue weighted by Gasteiger charge is 2.25. The molecule has 4 nitrogen and oxygen atoms in total. The van der Waals surface area contributed by atoms with E-state index in [0.29, 0.717) is 17.0 Å². The SMILES string of the molecule is CC(C)(C)C(=O)c1ccc2c(c1)NC(=O)CO2. The first-order valence-electron chi connectivity index (χ1n) is 5.49. The van der Waals surface area contributed by atoms with Crippen LogP contribution in [0.1, 0.15) is 31.1 Å². The molecule has 0 unspecified atom stereocenters. The van der Waals surface area contributed by atoms with Crippen molar-refractivity contribution in [2.45, 2.75) is 20.8 Å². The van der Waals surface area contributed by atoms with Gasteiger partial charge in [-0.1, -0.05) is 20.8 Å². The van der Waals surface area contributed by atoms with Gasteiger partial charge in [0.2, 0.25) is 0 Å². The molecule has 1 N–H and O–H groups in total. The van der Waals surface area contributed by atoms with Gasteiger partial charge in [-0.15, -0.1) is 0 Å². The number of anilines is 1. The fourth-order valence-corrected chi connectivity index (χ4v) is 1.66. The average molecular weight is 233 g/mol. The quantitative estimate of drug-likeness (QED) is 0.757. The second-order valence-corrected chi connectivity index (χ2v) is 5.13. The number of ether oxygens (including phenoxy) is 1. The normalized spacial score (nSPS) is 14.6. The summed E-state index contributed by atoms with van der Waals surface area (Å²) in [6.07, 6.45) is 0. The lowest BCUT2D eigenvalue weighted by Gasteiger charge is -2.21. The zero-order valence-corrected chi connectivity index (χ0v) is 10.2. The first-order chi connectivity index (χ1) is 7.88. The molecule has 0 bridgehead atoms. The molecule has 4 heteroatoms. The van der Waals surface area contributed by atoms with E-state index in [-0.39, 0.29) is 18.3 Å². The molecule has 0 aromatic heterocycles. The van der Waals surface area contributed by atoms with E-state index in [1.807, 2.05) is 20.8 Å². The molecule has 90 valence electrons. The Bertz CT molecular complexity index is 486. The summed E-state index contributed by atoms with van der Waals surface area (Å²) >= 11 is 0. The maximum atomic E-state index is 12.1. The van der Waals surface area contributed by atoms with Crippen LogP contribution in [-0.4, -0.2) is 18.3 Å². The molecule has 1 aliphatic rings. The standard InChI is InChI=1S/C13H15NO3/c1-13(2,3)12(16)8-4-5-10-9(6-8)14-11(15)7-17-10/h4-6H,7H2,1-3H3,(H,14,15). The summed E-state index contributed by atoms with van der Waals surface area (Å²) in [5.41, 5.74) is 0.715. The molecule has 1 heterocycles. The zero-order valence-electron chi connectivity index (χ0n) is 10.2. The lowest BCUT2D eigenvalue weighted by Crippen LogP contribution is -2.26. The van der Waals surface area contributed by atoms with E-state index < -0.39 is 5.41 Å². The predicted molar refractivity (Wildman–Crippen MR) is 64.4 cm³/mol. The topological polar surface area (TPSA) is 55.4 Å². The molecular formula is C13H15NO3. The minimum Gasteiger partial charge on any atom is -0.482 e. The number of carbonyl (C=O) groups excluding carboxylic acids is 2. The molecule has 1 aliphatic heterocycles. The summed E-state index contributed by atoms with van der Waals surface area (Å²) in [6, 6.07) is 5.11. The van der Waals surface area contributed by atoms with E-state index in [1.165, 1.54) is 0 Å².